The van der Waals surface area contributed by atoms with E-state index in [9.17, 15) is 9.18 Å². The van der Waals surface area contributed by atoms with Gasteiger partial charge in [0, 0.05) is 12.5 Å². The third kappa shape index (κ3) is 2.41. The van der Waals surface area contributed by atoms with Crippen LogP contribution in [0.15, 0.2) is 59.6 Å². The number of aliphatic imine (C=N–C) groups is 1. The maximum atomic E-state index is 13.2. The van der Waals surface area contributed by atoms with Gasteiger partial charge in [0.25, 0.3) is 0 Å². The number of ether oxygens (including phenoxy) is 1. The summed E-state index contributed by atoms with van der Waals surface area (Å²) < 4.78 is 18.8. The van der Waals surface area contributed by atoms with E-state index in [0.29, 0.717) is 11.5 Å². The van der Waals surface area contributed by atoms with Gasteiger partial charge in [-0.05, 0) is 24.6 Å². The van der Waals surface area contributed by atoms with Gasteiger partial charge in [-0.3, -0.25) is 4.79 Å². The molecule has 0 fully saturated rings. The van der Waals surface area contributed by atoms with Gasteiger partial charge in [-0.2, -0.15) is 0 Å². The molecule has 2 aromatic rings. The van der Waals surface area contributed by atoms with Crippen LogP contribution in [0.5, 0.6) is 0 Å². The van der Waals surface area contributed by atoms with Crippen molar-refractivity contribution in [3.05, 3.63) is 71.5 Å². The summed E-state index contributed by atoms with van der Waals surface area (Å²) in [6.07, 6.45) is -0.750. The van der Waals surface area contributed by atoms with Gasteiger partial charge < -0.3 is 4.74 Å². The number of ketones is 1. The maximum Gasteiger partial charge on any atom is 0.206 e. The molecule has 3 rings (SSSR count). The topological polar surface area (TPSA) is 38.7 Å². The van der Waals surface area contributed by atoms with Crippen LogP contribution in [0.3, 0.4) is 0 Å². The maximum absolute atomic E-state index is 13.2. The summed E-state index contributed by atoms with van der Waals surface area (Å²) in [5.41, 5.74) is 0.468. The molecule has 0 radical (unpaired) electrons. The van der Waals surface area contributed by atoms with Crippen molar-refractivity contribution in [2.75, 3.05) is 0 Å². The number of halogens is 1. The molecule has 4 heteroatoms. The standard InChI is InChI=1S/C18H16FNO2/c1-12-20-18(2,14-8-10-15(19)11-9-14)17(22-12)16(21)13-6-4-3-5-7-13/h3-11,17H,1-2H3/t17-,18-/m0/s1. The van der Waals surface area contributed by atoms with Gasteiger partial charge in [0.05, 0.1) is 0 Å². The lowest BCUT2D eigenvalue weighted by atomic mass is 9.83. The Morgan fingerprint density at radius 1 is 1.14 bits per heavy atom. The van der Waals surface area contributed by atoms with Gasteiger partial charge >= 0.3 is 0 Å². The number of rotatable bonds is 3. The average Bonchev–Trinajstić information content (AvgIpc) is 2.84. The van der Waals surface area contributed by atoms with Crippen molar-refractivity contribution in [3.8, 4) is 0 Å². The Bertz CT molecular complexity index is 725. The second-order valence-electron chi connectivity index (χ2n) is 5.51. The Hall–Kier alpha value is -2.49. The number of benzene rings is 2. The van der Waals surface area contributed by atoms with E-state index in [-0.39, 0.29) is 11.6 Å². The van der Waals surface area contributed by atoms with Crippen molar-refractivity contribution in [1.82, 2.24) is 0 Å². The molecular formula is C18H16FNO2. The van der Waals surface area contributed by atoms with Crippen LogP contribution < -0.4 is 0 Å². The monoisotopic (exact) mass is 297 g/mol. The molecule has 1 heterocycles. The fourth-order valence-electron chi connectivity index (χ4n) is 2.76. The molecule has 2 atom stereocenters. The molecule has 1 aliphatic rings. The van der Waals surface area contributed by atoms with E-state index >= 15 is 0 Å². The molecule has 0 aliphatic carbocycles. The summed E-state index contributed by atoms with van der Waals surface area (Å²) in [6.45, 7) is 3.56. The van der Waals surface area contributed by atoms with Crippen molar-refractivity contribution in [2.24, 2.45) is 4.99 Å². The van der Waals surface area contributed by atoms with Gasteiger partial charge in [0.1, 0.15) is 11.4 Å². The van der Waals surface area contributed by atoms with Crippen LogP contribution >= 0.6 is 0 Å². The predicted octanol–water partition coefficient (Wildman–Crippen LogP) is 3.74. The molecule has 0 unspecified atom stereocenters. The smallest absolute Gasteiger partial charge is 0.206 e. The largest absolute Gasteiger partial charge is 0.467 e. The van der Waals surface area contributed by atoms with Crippen LogP contribution in [0.25, 0.3) is 0 Å². The van der Waals surface area contributed by atoms with Crippen molar-refractivity contribution in [1.29, 1.82) is 0 Å². The summed E-state index contributed by atoms with van der Waals surface area (Å²) in [5.74, 6) is 0.00651. The highest BCUT2D eigenvalue weighted by Crippen LogP contribution is 2.37. The lowest BCUT2D eigenvalue weighted by Gasteiger charge is -2.27. The van der Waals surface area contributed by atoms with Crippen LogP contribution in [-0.4, -0.2) is 17.8 Å². The van der Waals surface area contributed by atoms with Gasteiger partial charge in [-0.15, -0.1) is 0 Å². The van der Waals surface area contributed by atoms with E-state index in [1.807, 2.05) is 25.1 Å². The van der Waals surface area contributed by atoms with Gasteiger partial charge in [0.15, 0.2) is 12.0 Å². The van der Waals surface area contributed by atoms with Crippen molar-refractivity contribution >= 4 is 11.7 Å². The van der Waals surface area contributed by atoms with E-state index in [0.717, 1.165) is 5.56 Å². The Kier molecular flexibility index (Phi) is 3.53. The van der Waals surface area contributed by atoms with Crippen molar-refractivity contribution < 1.29 is 13.9 Å². The Morgan fingerprint density at radius 2 is 1.77 bits per heavy atom. The third-order valence-corrected chi connectivity index (χ3v) is 3.91. The van der Waals surface area contributed by atoms with E-state index < -0.39 is 11.6 Å². The van der Waals surface area contributed by atoms with Crippen LogP contribution in [0, 0.1) is 5.82 Å². The normalized spacial score (nSPS) is 23.8. The lowest BCUT2D eigenvalue weighted by molar-refractivity contribution is 0.0692. The minimum atomic E-state index is -0.856. The highest BCUT2D eigenvalue weighted by molar-refractivity contribution is 6.02. The van der Waals surface area contributed by atoms with E-state index in [1.165, 1.54) is 12.1 Å². The number of hydrogen-bond acceptors (Lipinski definition) is 3. The first kappa shape index (κ1) is 14.4. The summed E-state index contributed by atoms with van der Waals surface area (Å²) in [4.78, 5) is 17.3. The number of Topliss-reactive ketones (excluding diaryl/α,β-unsaturated/α-hetero) is 1. The molecule has 112 valence electrons. The molecule has 0 amide bonds. The molecule has 3 nitrogen and oxygen atoms in total. The fourth-order valence-corrected chi connectivity index (χ4v) is 2.76. The quantitative estimate of drug-likeness (QED) is 0.809. The molecule has 2 aromatic carbocycles. The molecular weight excluding hydrogens is 281 g/mol. The Morgan fingerprint density at radius 3 is 2.41 bits per heavy atom. The molecule has 22 heavy (non-hydrogen) atoms. The number of hydrogen-bond donors (Lipinski definition) is 0. The fraction of sp³-hybridized carbons (Fsp3) is 0.222. The Labute approximate surface area is 128 Å². The zero-order valence-electron chi connectivity index (χ0n) is 12.4. The summed E-state index contributed by atoms with van der Waals surface area (Å²) >= 11 is 0. The zero-order valence-corrected chi connectivity index (χ0v) is 12.4. The lowest BCUT2D eigenvalue weighted by Crippen LogP contribution is -2.39. The summed E-state index contributed by atoms with van der Waals surface area (Å²) in [5, 5.41) is 0. The molecule has 0 saturated carbocycles. The highest BCUT2D eigenvalue weighted by Gasteiger charge is 2.47. The van der Waals surface area contributed by atoms with E-state index in [2.05, 4.69) is 4.99 Å². The zero-order chi connectivity index (χ0) is 15.7. The van der Waals surface area contributed by atoms with E-state index in [1.54, 1.807) is 31.2 Å². The Balaban J connectivity index is 2.01. The van der Waals surface area contributed by atoms with Crippen LogP contribution in [0.2, 0.25) is 0 Å². The summed E-state index contributed by atoms with van der Waals surface area (Å²) in [7, 11) is 0. The summed E-state index contributed by atoms with van der Waals surface area (Å²) in [6, 6.07) is 15.0. The second kappa shape index (κ2) is 5.37. The van der Waals surface area contributed by atoms with Crippen LogP contribution in [0.4, 0.5) is 4.39 Å². The highest BCUT2D eigenvalue weighted by atomic mass is 19.1. The second-order valence-corrected chi connectivity index (χ2v) is 5.51. The molecule has 0 aromatic heterocycles. The van der Waals surface area contributed by atoms with Gasteiger partial charge in [0.2, 0.25) is 5.78 Å². The number of carbonyl (C=O) groups excluding carboxylic acids is 1. The average molecular weight is 297 g/mol. The minimum absolute atomic E-state index is 0.131. The van der Waals surface area contributed by atoms with Gasteiger partial charge in [-0.1, -0.05) is 42.5 Å². The molecule has 0 N–H and O–H groups in total. The number of carbonyl (C=O) groups is 1. The molecule has 1 aliphatic heterocycles. The third-order valence-electron chi connectivity index (χ3n) is 3.91. The minimum Gasteiger partial charge on any atom is -0.467 e. The first-order chi connectivity index (χ1) is 10.5. The van der Waals surface area contributed by atoms with Crippen molar-refractivity contribution in [3.63, 3.8) is 0 Å². The molecule has 0 bridgehead atoms. The predicted molar refractivity (Wildman–Crippen MR) is 82.5 cm³/mol. The van der Waals surface area contributed by atoms with Crippen molar-refractivity contribution in [2.45, 2.75) is 25.5 Å². The first-order valence-corrected chi connectivity index (χ1v) is 7.09. The van der Waals surface area contributed by atoms with Crippen LogP contribution in [0.1, 0.15) is 29.8 Å². The first-order valence-electron chi connectivity index (χ1n) is 7.09. The molecule has 0 spiro atoms. The van der Waals surface area contributed by atoms with Gasteiger partial charge in [-0.25, -0.2) is 9.38 Å². The van der Waals surface area contributed by atoms with E-state index in [4.69, 9.17) is 4.74 Å². The SMILES string of the molecule is CC1=N[C@@](C)(c2ccc(F)cc2)[C@H](C(=O)c2ccccc2)O1. The van der Waals surface area contributed by atoms with Crippen LogP contribution in [-0.2, 0) is 10.3 Å². The number of nitrogens with zero attached hydrogens (tertiary/aromatic N) is 1. The molecule has 0 saturated heterocycles.